The molecule has 0 unspecified atom stereocenters. The molecule has 0 bridgehead atoms. The summed E-state index contributed by atoms with van der Waals surface area (Å²) in [4.78, 5) is 14.7. The van der Waals surface area contributed by atoms with Crippen molar-refractivity contribution in [1.29, 1.82) is 5.26 Å². The summed E-state index contributed by atoms with van der Waals surface area (Å²) in [5.41, 5.74) is 10.0. The Kier molecular flexibility index (Phi) is 5.52. The second kappa shape index (κ2) is 8.25. The third-order valence-electron chi connectivity index (χ3n) is 5.71. The lowest BCUT2D eigenvalue weighted by Crippen LogP contribution is -2.36. The molecule has 0 aromatic heterocycles. The van der Waals surface area contributed by atoms with Gasteiger partial charge in [0.25, 0.3) is 0 Å². The number of carbonyl (C=O) groups excluding carboxylic acids is 1. The number of halogens is 1. The number of nitriles is 1. The Balaban J connectivity index is 1.76. The van der Waals surface area contributed by atoms with Crippen molar-refractivity contribution in [2.45, 2.75) is 31.8 Å². The van der Waals surface area contributed by atoms with Gasteiger partial charge in [0, 0.05) is 35.3 Å². The zero-order chi connectivity index (χ0) is 21.3. The van der Waals surface area contributed by atoms with Crippen LogP contribution in [0.5, 0.6) is 5.75 Å². The molecule has 1 aliphatic carbocycles. The van der Waals surface area contributed by atoms with Gasteiger partial charge in [0.2, 0.25) is 0 Å². The van der Waals surface area contributed by atoms with E-state index in [4.69, 9.17) is 22.1 Å². The molecule has 2 aromatic carbocycles. The Labute approximate surface area is 181 Å². The van der Waals surface area contributed by atoms with Gasteiger partial charge in [-0.15, -0.1) is 0 Å². The molecule has 0 spiro atoms. The van der Waals surface area contributed by atoms with Crippen LogP contribution in [0.15, 0.2) is 71.2 Å². The van der Waals surface area contributed by atoms with Crippen LogP contribution in [-0.2, 0) is 11.4 Å². The zero-order valence-electron chi connectivity index (χ0n) is 16.7. The van der Waals surface area contributed by atoms with Gasteiger partial charge in [-0.1, -0.05) is 41.9 Å². The summed E-state index contributed by atoms with van der Waals surface area (Å²) in [7, 11) is 1.82. The standard InChI is InChI=1S/C24H22ClN3O2/c1-28-19-6-4-7-20(29)23(19)22(18(13-26)24(28)27)17-5-2-3-8-21(17)30-14-15-9-11-16(25)12-10-15/h2-3,5,8-12,22H,4,6-7,14,27H2,1H3/t22-/m1/s1. The van der Waals surface area contributed by atoms with Gasteiger partial charge in [0.1, 0.15) is 18.2 Å². The Hall–Kier alpha value is -3.23. The number of nitrogens with two attached hydrogens (primary N) is 1. The van der Waals surface area contributed by atoms with Gasteiger partial charge in [-0.2, -0.15) is 5.26 Å². The number of rotatable bonds is 4. The molecular weight excluding hydrogens is 398 g/mol. The molecule has 0 radical (unpaired) electrons. The Morgan fingerprint density at radius 2 is 1.93 bits per heavy atom. The van der Waals surface area contributed by atoms with Gasteiger partial charge in [-0.05, 0) is 36.6 Å². The van der Waals surface area contributed by atoms with Gasteiger partial charge in [-0.3, -0.25) is 4.79 Å². The van der Waals surface area contributed by atoms with Crippen LogP contribution in [0.4, 0.5) is 0 Å². The minimum Gasteiger partial charge on any atom is -0.489 e. The molecule has 30 heavy (non-hydrogen) atoms. The maximum atomic E-state index is 12.9. The average Bonchev–Trinajstić information content (AvgIpc) is 2.76. The summed E-state index contributed by atoms with van der Waals surface area (Å²) >= 11 is 5.96. The zero-order valence-corrected chi connectivity index (χ0v) is 17.4. The molecule has 5 nitrogen and oxygen atoms in total. The first-order chi connectivity index (χ1) is 14.5. The third-order valence-corrected chi connectivity index (χ3v) is 5.96. The highest BCUT2D eigenvalue weighted by atomic mass is 35.5. The molecule has 0 saturated heterocycles. The van der Waals surface area contributed by atoms with Crippen LogP contribution < -0.4 is 10.5 Å². The van der Waals surface area contributed by atoms with E-state index in [2.05, 4.69) is 6.07 Å². The molecular formula is C24H22ClN3O2. The summed E-state index contributed by atoms with van der Waals surface area (Å²) in [6.45, 7) is 0.349. The van der Waals surface area contributed by atoms with Crippen molar-refractivity contribution in [3.8, 4) is 11.8 Å². The van der Waals surface area contributed by atoms with Gasteiger partial charge < -0.3 is 15.4 Å². The molecule has 2 N–H and O–H groups in total. The molecule has 1 aliphatic heterocycles. The van der Waals surface area contributed by atoms with Gasteiger partial charge >= 0.3 is 0 Å². The van der Waals surface area contributed by atoms with E-state index in [0.717, 1.165) is 29.7 Å². The van der Waals surface area contributed by atoms with Crippen LogP contribution in [0, 0.1) is 11.3 Å². The van der Waals surface area contributed by atoms with E-state index in [1.807, 2.05) is 55.6 Å². The number of ether oxygens (including phenoxy) is 1. The highest BCUT2D eigenvalue weighted by Crippen LogP contribution is 2.46. The normalized spacial score (nSPS) is 18.9. The van der Waals surface area contributed by atoms with Gasteiger partial charge in [-0.25, -0.2) is 0 Å². The SMILES string of the molecule is CN1C(N)=C(C#N)[C@@H](c2ccccc2OCc2ccc(Cl)cc2)C2=C1CCCC2=O. The number of hydrogen-bond acceptors (Lipinski definition) is 5. The monoisotopic (exact) mass is 419 g/mol. The van der Waals surface area contributed by atoms with E-state index in [0.29, 0.717) is 40.8 Å². The number of para-hydroxylation sites is 1. The van der Waals surface area contributed by atoms with Crippen LogP contribution in [0.25, 0.3) is 0 Å². The predicted molar refractivity (Wildman–Crippen MR) is 115 cm³/mol. The Morgan fingerprint density at radius 3 is 2.67 bits per heavy atom. The Bertz CT molecular complexity index is 1100. The molecule has 4 rings (SSSR count). The van der Waals surface area contributed by atoms with Crippen molar-refractivity contribution in [3.63, 3.8) is 0 Å². The lowest BCUT2D eigenvalue weighted by molar-refractivity contribution is -0.116. The highest BCUT2D eigenvalue weighted by Gasteiger charge is 2.39. The van der Waals surface area contributed by atoms with E-state index in [9.17, 15) is 10.1 Å². The minimum absolute atomic E-state index is 0.0702. The minimum atomic E-state index is -0.518. The molecule has 2 aliphatic rings. The molecule has 1 atom stereocenters. The quantitative estimate of drug-likeness (QED) is 0.780. The topological polar surface area (TPSA) is 79.3 Å². The van der Waals surface area contributed by atoms with Crippen LogP contribution in [0.1, 0.15) is 36.3 Å². The van der Waals surface area contributed by atoms with Crippen molar-refractivity contribution >= 4 is 17.4 Å². The molecule has 0 saturated carbocycles. The molecule has 6 heteroatoms. The average molecular weight is 420 g/mol. The lowest BCUT2D eigenvalue weighted by Gasteiger charge is -2.38. The summed E-state index contributed by atoms with van der Waals surface area (Å²) in [6, 6.07) is 17.2. The molecule has 2 aromatic rings. The predicted octanol–water partition coefficient (Wildman–Crippen LogP) is 4.65. The van der Waals surface area contributed by atoms with Crippen LogP contribution >= 0.6 is 11.6 Å². The van der Waals surface area contributed by atoms with E-state index >= 15 is 0 Å². The fraction of sp³-hybridized carbons (Fsp3) is 0.250. The number of hydrogen-bond donors (Lipinski definition) is 1. The number of carbonyl (C=O) groups is 1. The van der Waals surface area contributed by atoms with E-state index in [1.54, 1.807) is 4.90 Å². The van der Waals surface area contributed by atoms with Crippen molar-refractivity contribution in [2.24, 2.45) is 5.73 Å². The van der Waals surface area contributed by atoms with Gasteiger partial charge in [0.05, 0.1) is 17.6 Å². The maximum absolute atomic E-state index is 12.9. The van der Waals surface area contributed by atoms with Crippen LogP contribution in [0.2, 0.25) is 5.02 Å². The largest absolute Gasteiger partial charge is 0.489 e. The molecule has 152 valence electrons. The first-order valence-corrected chi connectivity index (χ1v) is 10.2. The smallest absolute Gasteiger partial charge is 0.161 e. The first-order valence-electron chi connectivity index (χ1n) is 9.87. The molecule has 0 amide bonds. The van der Waals surface area contributed by atoms with Gasteiger partial charge in [0.15, 0.2) is 5.78 Å². The maximum Gasteiger partial charge on any atom is 0.161 e. The summed E-state index contributed by atoms with van der Waals surface area (Å²) in [6.07, 6.45) is 2.04. The fourth-order valence-electron chi connectivity index (χ4n) is 4.17. The van der Waals surface area contributed by atoms with Crippen LogP contribution in [0.3, 0.4) is 0 Å². The highest BCUT2D eigenvalue weighted by molar-refractivity contribution is 6.30. The third kappa shape index (κ3) is 3.55. The number of Topliss-reactive ketones (excluding diaryl/α,β-unsaturated/α-hetero) is 1. The second-order valence-electron chi connectivity index (χ2n) is 7.49. The van der Waals surface area contributed by atoms with Crippen molar-refractivity contribution in [2.75, 3.05) is 7.05 Å². The number of allylic oxidation sites excluding steroid dienone is 3. The van der Waals surface area contributed by atoms with E-state index < -0.39 is 5.92 Å². The number of ketones is 1. The molecule has 0 fully saturated rings. The fourth-order valence-corrected chi connectivity index (χ4v) is 4.29. The lowest BCUT2D eigenvalue weighted by atomic mass is 9.75. The van der Waals surface area contributed by atoms with E-state index in [1.165, 1.54) is 0 Å². The summed E-state index contributed by atoms with van der Waals surface area (Å²) in [5.74, 6) is 0.576. The van der Waals surface area contributed by atoms with Crippen LogP contribution in [-0.4, -0.2) is 17.7 Å². The number of nitrogens with zero attached hydrogens (tertiary/aromatic N) is 2. The molecule has 1 heterocycles. The van der Waals surface area contributed by atoms with Crippen molar-refractivity contribution in [1.82, 2.24) is 4.90 Å². The summed E-state index contributed by atoms with van der Waals surface area (Å²) in [5, 5.41) is 10.6. The van der Waals surface area contributed by atoms with E-state index in [-0.39, 0.29) is 5.78 Å². The van der Waals surface area contributed by atoms with Crippen molar-refractivity contribution < 1.29 is 9.53 Å². The summed E-state index contributed by atoms with van der Waals surface area (Å²) < 4.78 is 6.12. The van der Waals surface area contributed by atoms with Crippen molar-refractivity contribution in [3.05, 3.63) is 87.3 Å². The second-order valence-corrected chi connectivity index (χ2v) is 7.93. The number of benzene rings is 2. The Morgan fingerprint density at radius 1 is 1.20 bits per heavy atom. The first kappa shape index (κ1) is 20.1.